The predicted molar refractivity (Wildman–Crippen MR) is 101 cm³/mol. The number of aromatic nitrogens is 3. The molecule has 8 heteroatoms. The molecule has 1 aliphatic carbocycles. The van der Waals surface area contributed by atoms with Crippen LogP contribution in [0.2, 0.25) is 0 Å². The van der Waals surface area contributed by atoms with Crippen molar-refractivity contribution in [2.75, 3.05) is 10.6 Å². The van der Waals surface area contributed by atoms with Crippen LogP contribution in [0.5, 0.6) is 0 Å². The van der Waals surface area contributed by atoms with Crippen LogP contribution in [0.25, 0.3) is 11.4 Å². The average Bonchev–Trinajstić information content (AvgIpc) is 3.22. The molecule has 1 fully saturated rings. The molecule has 0 bridgehead atoms. The third-order valence-corrected chi connectivity index (χ3v) is 4.64. The number of halogens is 3. The van der Waals surface area contributed by atoms with E-state index in [1.165, 1.54) is 6.07 Å². The number of anilines is 3. The second kappa shape index (κ2) is 7.84. The average molecular weight is 385 g/mol. The second-order valence-electron chi connectivity index (χ2n) is 6.65. The Kier molecular flexibility index (Phi) is 5.10. The summed E-state index contributed by atoms with van der Waals surface area (Å²) in [5.74, 6) is -2.90. The van der Waals surface area contributed by atoms with E-state index in [4.69, 9.17) is 0 Å². The summed E-state index contributed by atoms with van der Waals surface area (Å²) < 4.78 is 41.6. The van der Waals surface area contributed by atoms with Crippen LogP contribution < -0.4 is 10.6 Å². The molecule has 144 valence electrons. The third-order valence-electron chi connectivity index (χ3n) is 4.64. The number of rotatable bonds is 5. The Hall–Kier alpha value is -3.16. The number of pyridine rings is 1. The molecule has 5 nitrogen and oxygen atoms in total. The van der Waals surface area contributed by atoms with Gasteiger partial charge >= 0.3 is 0 Å². The molecule has 1 saturated carbocycles. The largest absolute Gasteiger partial charge is 0.351 e. The van der Waals surface area contributed by atoms with Crippen molar-refractivity contribution >= 4 is 17.5 Å². The highest BCUT2D eigenvalue weighted by molar-refractivity contribution is 5.66. The fourth-order valence-electron chi connectivity index (χ4n) is 3.24. The molecular weight excluding hydrogens is 367 g/mol. The lowest BCUT2D eigenvalue weighted by atomic mass is 10.2. The van der Waals surface area contributed by atoms with E-state index in [0.29, 0.717) is 17.3 Å². The molecule has 1 aromatic carbocycles. The van der Waals surface area contributed by atoms with Gasteiger partial charge in [-0.25, -0.2) is 18.2 Å². The molecule has 0 saturated heterocycles. The molecule has 0 spiro atoms. The molecule has 4 rings (SSSR count). The first-order chi connectivity index (χ1) is 13.6. The molecule has 0 unspecified atom stereocenters. The fraction of sp³-hybridized carbons (Fsp3) is 0.250. The van der Waals surface area contributed by atoms with Gasteiger partial charge in [0.05, 0.1) is 11.4 Å². The molecule has 2 heterocycles. The monoisotopic (exact) mass is 385 g/mol. The Morgan fingerprint density at radius 2 is 1.68 bits per heavy atom. The zero-order valence-corrected chi connectivity index (χ0v) is 14.9. The smallest absolute Gasteiger partial charge is 0.225 e. The van der Waals surface area contributed by atoms with E-state index < -0.39 is 23.1 Å². The molecule has 2 N–H and O–H groups in total. The van der Waals surface area contributed by atoms with Gasteiger partial charge in [0.15, 0.2) is 11.6 Å². The van der Waals surface area contributed by atoms with Crippen LogP contribution >= 0.6 is 0 Å². The highest BCUT2D eigenvalue weighted by atomic mass is 19.2. The van der Waals surface area contributed by atoms with Gasteiger partial charge in [-0.15, -0.1) is 0 Å². The number of hydrogen-bond donors (Lipinski definition) is 2. The Balaban J connectivity index is 1.72. The number of benzene rings is 1. The molecule has 28 heavy (non-hydrogen) atoms. The quantitative estimate of drug-likeness (QED) is 0.602. The first kappa shape index (κ1) is 18.2. The summed E-state index contributed by atoms with van der Waals surface area (Å²) in [5.41, 5.74) is 0.468. The Morgan fingerprint density at radius 1 is 0.893 bits per heavy atom. The van der Waals surface area contributed by atoms with Crippen molar-refractivity contribution in [3.8, 4) is 11.4 Å². The Morgan fingerprint density at radius 3 is 2.43 bits per heavy atom. The molecule has 0 aliphatic heterocycles. The number of nitrogens with one attached hydrogen (secondary N) is 2. The van der Waals surface area contributed by atoms with Gasteiger partial charge in [-0.05, 0) is 37.1 Å². The minimum atomic E-state index is -1.30. The molecule has 0 atom stereocenters. The minimum absolute atomic E-state index is 0.138. The summed E-state index contributed by atoms with van der Waals surface area (Å²) in [5, 5.41) is 5.81. The van der Waals surface area contributed by atoms with E-state index in [1.54, 1.807) is 18.3 Å². The highest BCUT2D eigenvalue weighted by Crippen LogP contribution is 2.28. The van der Waals surface area contributed by atoms with Crippen LogP contribution in [-0.2, 0) is 0 Å². The molecule has 0 amide bonds. The zero-order valence-electron chi connectivity index (χ0n) is 14.9. The number of hydrogen-bond acceptors (Lipinski definition) is 5. The zero-order chi connectivity index (χ0) is 19.5. The van der Waals surface area contributed by atoms with E-state index in [0.717, 1.165) is 37.8 Å². The minimum Gasteiger partial charge on any atom is -0.351 e. The van der Waals surface area contributed by atoms with E-state index >= 15 is 0 Å². The van der Waals surface area contributed by atoms with Gasteiger partial charge in [-0.1, -0.05) is 18.9 Å². The molecule has 1 aliphatic rings. The molecule has 0 radical (unpaired) electrons. The normalized spacial score (nSPS) is 14.2. The lowest BCUT2D eigenvalue weighted by Crippen LogP contribution is -2.17. The Bertz CT molecular complexity index is 975. The molecular formula is C20H18F3N5. The van der Waals surface area contributed by atoms with Gasteiger partial charge in [0, 0.05) is 18.3 Å². The van der Waals surface area contributed by atoms with Gasteiger partial charge in [-0.2, -0.15) is 4.98 Å². The van der Waals surface area contributed by atoms with E-state index in [1.807, 2.05) is 6.07 Å². The maximum atomic E-state index is 14.1. The molecule has 2 aromatic heterocycles. The SMILES string of the molecule is Fc1ccc(F)c(Nc2cc(-c3ccccn3)nc(NC3CCCC3)n2)c1F. The first-order valence-corrected chi connectivity index (χ1v) is 9.08. The van der Waals surface area contributed by atoms with Crippen molar-refractivity contribution in [3.63, 3.8) is 0 Å². The van der Waals surface area contributed by atoms with Crippen molar-refractivity contribution < 1.29 is 13.2 Å². The van der Waals surface area contributed by atoms with E-state index in [2.05, 4.69) is 25.6 Å². The number of nitrogens with zero attached hydrogens (tertiary/aromatic N) is 3. The van der Waals surface area contributed by atoms with Crippen LogP contribution in [0.4, 0.5) is 30.6 Å². The van der Waals surface area contributed by atoms with Crippen LogP contribution in [0.1, 0.15) is 25.7 Å². The fourth-order valence-corrected chi connectivity index (χ4v) is 3.24. The summed E-state index contributed by atoms with van der Waals surface area (Å²) in [4.78, 5) is 13.1. The lowest BCUT2D eigenvalue weighted by molar-refractivity contribution is 0.499. The highest BCUT2D eigenvalue weighted by Gasteiger charge is 2.19. The third kappa shape index (κ3) is 3.90. The van der Waals surface area contributed by atoms with Crippen molar-refractivity contribution in [2.45, 2.75) is 31.7 Å². The van der Waals surface area contributed by atoms with Gasteiger partial charge in [-0.3, -0.25) is 4.98 Å². The lowest BCUT2D eigenvalue weighted by Gasteiger charge is -2.15. The van der Waals surface area contributed by atoms with Gasteiger partial charge < -0.3 is 10.6 Å². The van der Waals surface area contributed by atoms with Gasteiger partial charge in [0.1, 0.15) is 17.3 Å². The summed E-state index contributed by atoms with van der Waals surface area (Å²) in [6.45, 7) is 0. The summed E-state index contributed by atoms with van der Waals surface area (Å²) in [7, 11) is 0. The second-order valence-corrected chi connectivity index (χ2v) is 6.65. The van der Waals surface area contributed by atoms with Crippen molar-refractivity contribution in [1.82, 2.24) is 15.0 Å². The van der Waals surface area contributed by atoms with Crippen molar-refractivity contribution in [1.29, 1.82) is 0 Å². The summed E-state index contributed by atoms with van der Waals surface area (Å²) >= 11 is 0. The van der Waals surface area contributed by atoms with E-state index in [-0.39, 0.29) is 11.9 Å². The Labute approximate surface area is 160 Å². The van der Waals surface area contributed by atoms with Gasteiger partial charge in [0.25, 0.3) is 0 Å². The van der Waals surface area contributed by atoms with Crippen LogP contribution in [-0.4, -0.2) is 21.0 Å². The summed E-state index contributed by atoms with van der Waals surface area (Å²) in [6, 6.07) is 8.73. The topological polar surface area (TPSA) is 62.7 Å². The predicted octanol–water partition coefficient (Wildman–Crippen LogP) is 5.05. The van der Waals surface area contributed by atoms with Crippen molar-refractivity contribution in [3.05, 3.63) is 60.0 Å². The maximum absolute atomic E-state index is 14.1. The van der Waals surface area contributed by atoms with Gasteiger partial charge in [0.2, 0.25) is 5.95 Å². The van der Waals surface area contributed by atoms with Crippen LogP contribution in [0, 0.1) is 17.5 Å². The van der Waals surface area contributed by atoms with Crippen molar-refractivity contribution in [2.24, 2.45) is 0 Å². The molecule has 3 aromatic rings. The van der Waals surface area contributed by atoms with Crippen LogP contribution in [0.3, 0.4) is 0 Å². The van der Waals surface area contributed by atoms with E-state index in [9.17, 15) is 13.2 Å². The van der Waals surface area contributed by atoms with Crippen LogP contribution in [0.15, 0.2) is 42.6 Å². The summed E-state index contributed by atoms with van der Waals surface area (Å²) in [6.07, 6.45) is 5.89. The maximum Gasteiger partial charge on any atom is 0.225 e. The first-order valence-electron chi connectivity index (χ1n) is 9.08. The standard InChI is InChI=1S/C20H18F3N5/c21-13-8-9-14(22)19(18(13)23)27-17-11-16(15-7-3-4-10-24-15)26-20(28-17)25-12-5-1-2-6-12/h3-4,7-12H,1-2,5-6H2,(H2,25,26,27,28).